The molecule has 0 fully saturated rings. The van der Waals surface area contributed by atoms with Crippen LogP contribution in [0.15, 0.2) is 18.5 Å². The Morgan fingerprint density at radius 3 is 2.65 bits per heavy atom. The number of imidazole rings is 1. The number of nitrogens with zero attached hydrogens (tertiary/aromatic N) is 5. The Morgan fingerprint density at radius 2 is 2.05 bits per heavy atom. The molecule has 0 saturated heterocycles. The number of rotatable bonds is 7. The highest BCUT2D eigenvalue weighted by Gasteiger charge is 2.04. The first-order valence-corrected chi connectivity index (χ1v) is 7.22. The zero-order valence-electron chi connectivity index (χ0n) is 13.0. The first-order valence-electron chi connectivity index (χ1n) is 7.22. The smallest absolute Gasteiger partial charge is 0.108 e. The van der Waals surface area contributed by atoms with Gasteiger partial charge in [-0.25, -0.2) is 4.98 Å². The summed E-state index contributed by atoms with van der Waals surface area (Å²) in [5.74, 6) is 1.16. The minimum absolute atomic E-state index is 0.957. The standard InChI is InChI=1S/C15H25N5/c1-13-12-14(2)20(17-13)11-10-18(3)8-5-6-15-16-7-9-19(15)4/h7,9,12H,5-6,8,10-11H2,1-4H3. The second kappa shape index (κ2) is 6.70. The van der Waals surface area contributed by atoms with Gasteiger partial charge in [0.25, 0.3) is 0 Å². The van der Waals surface area contributed by atoms with Crippen LogP contribution in [0.25, 0.3) is 0 Å². The van der Waals surface area contributed by atoms with Gasteiger partial charge in [-0.1, -0.05) is 0 Å². The lowest BCUT2D eigenvalue weighted by Gasteiger charge is -2.16. The van der Waals surface area contributed by atoms with E-state index in [4.69, 9.17) is 0 Å². The second-order valence-corrected chi connectivity index (χ2v) is 5.51. The molecular weight excluding hydrogens is 250 g/mol. The lowest BCUT2D eigenvalue weighted by molar-refractivity contribution is 0.306. The van der Waals surface area contributed by atoms with Crippen molar-refractivity contribution in [3.05, 3.63) is 35.7 Å². The third-order valence-electron chi connectivity index (χ3n) is 3.66. The van der Waals surface area contributed by atoms with E-state index in [2.05, 4.69) is 51.3 Å². The van der Waals surface area contributed by atoms with E-state index in [1.165, 1.54) is 5.69 Å². The topological polar surface area (TPSA) is 38.9 Å². The van der Waals surface area contributed by atoms with E-state index in [9.17, 15) is 0 Å². The SMILES string of the molecule is Cc1cc(C)n(CCN(C)CCCc2nccn2C)n1. The van der Waals surface area contributed by atoms with Crippen molar-refractivity contribution in [2.45, 2.75) is 33.2 Å². The Hall–Kier alpha value is -1.62. The van der Waals surface area contributed by atoms with Crippen LogP contribution in [0.5, 0.6) is 0 Å². The van der Waals surface area contributed by atoms with Gasteiger partial charge in [0.05, 0.1) is 12.2 Å². The predicted octanol–water partition coefficient (Wildman–Crippen LogP) is 1.80. The number of hydrogen-bond donors (Lipinski definition) is 0. The Labute approximate surface area is 121 Å². The van der Waals surface area contributed by atoms with E-state index < -0.39 is 0 Å². The molecule has 5 nitrogen and oxygen atoms in total. The summed E-state index contributed by atoms with van der Waals surface area (Å²) in [7, 11) is 4.22. The van der Waals surface area contributed by atoms with Crippen LogP contribution >= 0.6 is 0 Å². The highest BCUT2D eigenvalue weighted by atomic mass is 15.3. The van der Waals surface area contributed by atoms with Crippen molar-refractivity contribution < 1.29 is 0 Å². The van der Waals surface area contributed by atoms with E-state index >= 15 is 0 Å². The zero-order valence-corrected chi connectivity index (χ0v) is 13.0. The van der Waals surface area contributed by atoms with E-state index in [-0.39, 0.29) is 0 Å². The maximum absolute atomic E-state index is 4.49. The first kappa shape index (κ1) is 14.8. The minimum atomic E-state index is 0.957. The summed E-state index contributed by atoms with van der Waals surface area (Å²) in [5.41, 5.74) is 2.34. The first-order chi connectivity index (χ1) is 9.56. The molecule has 2 rings (SSSR count). The van der Waals surface area contributed by atoms with Crippen LogP contribution in [0.3, 0.4) is 0 Å². The van der Waals surface area contributed by atoms with Crippen molar-refractivity contribution in [2.75, 3.05) is 20.1 Å². The van der Waals surface area contributed by atoms with Crippen molar-refractivity contribution in [3.63, 3.8) is 0 Å². The second-order valence-electron chi connectivity index (χ2n) is 5.51. The Bertz CT molecular complexity index is 540. The lowest BCUT2D eigenvalue weighted by atomic mass is 10.3. The minimum Gasteiger partial charge on any atom is -0.338 e. The van der Waals surface area contributed by atoms with Gasteiger partial charge in [0.15, 0.2) is 0 Å². The number of aromatic nitrogens is 4. The Balaban J connectivity index is 1.69. The third kappa shape index (κ3) is 3.93. The normalized spacial score (nSPS) is 11.4. The molecule has 2 aromatic rings. The molecule has 0 aliphatic rings. The van der Waals surface area contributed by atoms with Gasteiger partial charge in [-0.2, -0.15) is 5.10 Å². The summed E-state index contributed by atoms with van der Waals surface area (Å²) in [6, 6.07) is 2.13. The molecule has 0 radical (unpaired) electrons. The maximum Gasteiger partial charge on any atom is 0.108 e. The average Bonchev–Trinajstić information content (AvgIpc) is 2.93. The van der Waals surface area contributed by atoms with Crippen molar-refractivity contribution >= 4 is 0 Å². The highest BCUT2D eigenvalue weighted by Crippen LogP contribution is 2.03. The number of hydrogen-bond acceptors (Lipinski definition) is 3. The molecule has 0 aromatic carbocycles. The van der Waals surface area contributed by atoms with Gasteiger partial charge >= 0.3 is 0 Å². The molecule has 0 atom stereocenters. The number of aryl methyl sites for hydroxylation is 4. The molecule has 0 saturated carbocycles. The summed E-state index contributed by atoms with van der Waals surface area (Å²) in [6.45, 7) is 7.23. The third-order valence-corrected chi connectivity index (χ3v) is 3.66. The summed E-state index contributed by atoms with van der Waals surface area (Å²) in [6.07, 6.45) is 6.04. The fraction of sp³-hybridized carbons (Fsp3) is 0.600. The number of likely N-dealkylation sites (N-methyl/N-ethyl adjacent to an activating group) is 1. The van der Waals surface area contributed by atoms with Gasteiger partial charge < -0.3 is 9.47 Å². The van der Waals surface area contributed by atoms with Crippen LogP contribution in [0.4, 0.5) is 0 Å². The molecule has 0 N–H and O–H groups in total. The summed E-state index contributed by atoms with van der Waals surface area (Å²) < 4.78 is 4.18. The average molecular weight is 275 g/mol. The highest BCUT2D eigenvalue weighted by molar-refractivity contribution is 5.06. The molecule has 0 bridgehead atoms. The van der Waals surface area contributed by atoms with Crippen LogP contribution in [-0.2, 0) is 20.0 Å². The van der Waals surface area contributed by atoms with Gasteiger partial charge in [-0.3, -0.25) is 4.68 Å². The Kier molecular flexibility index (Phi) is 4.95. The van der Waals surface area contributed by atoms with Crippen molar-refractivity contribution in [1.82, 2.24) is 24.2 Å². The fourth-order valence-electron chi connectivity index (χ4n) is 2.42. The van der Waals surface area contributed by atoms with Crippen molar-refractivity contribution in [3.8, 4) is 0 Å². The van der Waals surface area contributed by atoms with Crippen molar-refractivity contribution in [1.29, 1.82) is 0 Å². The molecule has 2 heterocycles. The predicted molar refractivity (Wildman–Crippen MR) is 80.7 cm³/mol. The monoisotopic (exact) mass is 275 g/mol. The van der Waals surface area contributed by atoms with Crippen LogP contribution < -0.4 is 0 Å². The van der Waals surface area contributed by atoms with E-state index in [1.54, 1.807) is 0 Å². The molecular formula is C15H25N5. The lowest BCUT2D eigenvalue weighted by Crippen LogP contribution is -2.25. The largest absolute Gasteiger partial charge is 0.338 e. The summed E-state index contributed by atoms with van der Waals surface area (Å²) >= 11 is 0. The van der Waals surface area contributed by atoms with E-state index in [0.29, 0.717) is 0 Å². The molecule has 0 aliphatic carbocycles. The van der Waals surface area contributed by atoms with Crippen molar-refractivity contribution in [2.24, 2.45) is 7.05 Å². The van der Waals surface area contributed by atoms with E-state index in [0.717, 1.165) is 44.0 Å². The summed E-state index contributed by atoms with van der Waals surface area (Å²) in [5, 5.41) is 4.49. The summed E-state index contributed by atoms with van der Waals surface area (Å²) in [4.78, 5) is 6.71. The maximum atomic E-state index is 4.49. The molecule has 0 aliphatic heterocycles. The molecule has 0 amide bonds. The van der Waals surface area contributed by atoms with Gasteiger partial charge in [0.1, 0.15) is 5.82 Å². The fourth-order valence-corrected chi connectivity index (χ4v) is 2.42. The molecule has 110 valence electrons. The van der Waals surface area contributed by atoms with Gasteiger partial charge in [-0.15, -0.1) is 0 Å². The van der Waals surface area contributed by atoms with Crippen LogP contribution in [0.2, 0.25) is 0 Å². The Morgan fingerprint density at radius 1 is 1.25 bits per heavy atom. The molecule has 2 aromatic heterocycles. The quantitative estimate of drug-likeness (QED) is 0.773. The molecule has 20 heavy (non-hydrogen) atoms. The molecule has 0 unspecified atom stereocenters. The molecule has 0 spiro atoms. The van der Waals surface area contributed by atoms with Gasteiger partial charge in [-0.05, 0) is 39.9 Å². The van der Waals surface area contributed by atoms with Crippen LogP contribution in [0.1, 0.15) is 23.6 Å². The zero-order chi connectivity index (χ0) is 14.5. The van der Waals surface area contributed by atoms with Gasteiger partial charge in [0, 0.05) is 38.1 Å². The van der Waals surface area contributed by atoms with Gasteiger partial charge in [0.2, 0.25) is 0 Å². The molecule has 5 heteroatoms. The van der Waals surface area contributed by atoms with Crippen LogP contribution in [0, 0.1) is 13.8 Å². The van der Waals surface area contributed by atoms with E-state index in [1.807, 2.05) is 19.3 Å². The van der Waals surface area contributed by atoms with Crippen LogP contribution in [-0.4, -0.2) is 44.4 Å².